The zero-order valence-electron chi connectivity index (χ0n) is 19.9. The Morgan fingerprint density at radius 3 is 2.41 bits per heavy atom. The summed E-state index contributed by atoms with van der Waals surface area (Å²) in [6.45, 7) is 7.02. The molecule has 0 spiro atoms. The second kappa shape index (κ2) is 11.1. The summed E-state index contributed by atoms with van der Waals surface area (Å²) in [6.07, 6.45) is 0.399. The largest absolute Gasteiger partial charge is 0.383 e. The van der Waals surface area contributed by atoms with Crippen molar-refractivity contribution in [2.24, 2.45) is 5.41 Å². The molecule has 0 aromatic heterocycles. The molecule has 6 nitrogen and oxygen atoms in total. The van der Waals surface area contributed by atoms with Crippen molar-refractivity contribution in [1.82, 2.24) is 4.90 Å². The SMILES string of the molecule is COCCN(Cc1cc(NC(=O)CC(C)(C)C)ccc1N(C)C)C(=O)c1cccc(F)c1. The first-order chi connectivity index (χ1) is 15.0. The summed E-state index contributed by atoms with van der Waals surface area (Å²) in [6, 6.07) is 11.3. The highest BCUT2D eigenvalue weighted by Gasteiger charge is 2.20. The number of carbonyl (C=O) groups excluding carboxylic acids is 2. The number of rotatable bonds is 9. The summed E-state index contributed by atoms with van der Waals surface area (Å²) in [4.78, 5) is 29.1. The number of amides is 2. The number of benzene rings is 2. The van der Waals surface area contributed by atoms with Crippen molar-refractivity contribution in [2.45, 2.75) is 33.7 Å². The van der Waals surface area contributed by atoms with Gasteiger partial charge in [-0.3, -0.25) is 9.59 Å². The van der Waals surface area contributed by atoms with Gasteiger partial charge in [-0.25, -0.2) is 4.39 Å². The fraction of sp³-hybridized carbons (Fsp3) is 0.440. The molecule has 2 aromatic carbocycles. The Labute approximate surface area is 190 Å². The average Bonchev–Trinajstić information content (AvgIpc) is 2.69. The van der Waals surface area contributed by atoms with Crippen LogP contribution in [0.1, 0.15) is 43.1 Å². The second-order valence-corrected chi connectivity index (χ2v) is 9.25. The number of carbonyl (C=O) groups is 2. The van der Waals surface area contributed by atoms with Crippen molar-refractivity contribution in [3.8, 4) is 0 Å². The van der Waals surface area contributed by atoms with Gasteiger partial charge in [0.2, 0.25) is 5.91 Å². The number of anilines is 2. The van der Waals surface area contributed by atoms with Crippen molar-refractivity contribution < 1.29 is 18.7 Å². The summed E-state index contributed by atoms with van der Waals surface area (Å²) < 4.78 is 18.9. The van der Waals surface area contributed by atoms with E-state index in [9.17, 15) is 14.0 Å². The first kappa shape index (κ1) is 25.3. The molecule has 0 atom stereocenters. The first-order valence-corrected chi connectivity index (χ1v) is 10.6. The van der Waals surface area contributed by atoms with E-state index in [4.69, 9.17) is 4.74 Å². The van der Waals surface area contributed by atoms with E-state index in [1.165, 1.54) is 18.2 Å². The standard InChI is InChI=1S/C25H34FN3O3/c1-25(2,3)16-23(30)27-21-10-11-22(28(4)5)19(15-21)17-29(12-13-32-6)24(31)18-8-7-9-20(26)14-18/h7-11,14-15H,12-13,16-17H2,1-6H3,(H,27,30). The number of nitrogens with zero attached hydrogens (tertiary/aromatic N) is 2. The van der Waals surface area contributed by atoms with E-state index in [-0.39, 0.29) is 29.3 Å². The summed E-state index contributed by atoms with van der Waals surface area (Å²) in [5.74, 6) is -0.804. The van der Waals surface area contributed by atoms with Gasteiger partial charge in [-0.1, -0.05) is 26.8 Å². The minimum Gasteiger partial charge on any atom is -0.383 e. The fourth-order valence-electron chi connectivity index (χ4n) is 3.38. The molecule has 0 radical (unpaired) electrons. The van der Waals surface area contributed by atoms with Crippen LogP contribution in [-0.4, -0.2) is 51.1 Å². The zero-order chi connectivity index (χ0) is 23.9. The van der Waals surface area contributed by atoms with Crippen LogP contribution in [0.2, 0.25) is 0 Å². The lowest BCUT2D eigenvalue weighted by Gasteiger charge is -2.26. The van der Waals surface area contributed by atoms with E-state index in [0.717, 1.165) is 11.3 Å². The van der Waals surface area contributed by atoms with E-state index < -0.39 is 5.82 Å². The highest BCUT2D eigenvalue weighted by atomic mass is 19.1. The third-order valence-electron chi connectivity index (χ3n) is 4.82. The molecule has 7 heteroatoms. The molecule has 2 amide bonds. The van der Waals surface area contributed by atoms with Gasteiger partial charge in [0.1, 0.15) is 5.82 Å². The van der Waals surface area contributed by atoms with Gasteiger partial charge in [0.25, 0.3) is 5.91 Å². The molecule has 0 aliphatic carbocycles. The molecule has 1 N–H and O–H groups in total. The number of methoxy groups -OCH3 is 1. The van der Waals surface area contributed by atoms with Crippen LogP contribution in [0.25, 0.3) is 0 Å². The number of hydrogen-bond donors (Lipinski definition) is 1. The van der Waals surface area contributed by atoms with E-state index in [1.807, 2.05) is 58.0 Å². The van der Waals surface area contributed by atoms with Crippen molar-refractivity contribution in [2.75, 3.05) is 44.6 Å². The molecule has 0 saturated heterocycles. The van der Waals surface area contributed by atoms with Gasteiger partial charge in [0.15, 0.2) is 0 Å². The zero-order valence-corrected chi connectivity index (χ0v) is 19.9. The minimum atomic E-state index is -0.458. The van der Waals surface area contributed by atoms with Gasteiger partial charge < -0.3 is 19.9 Å². The molecule has 0 aliphatic rings. The van der Waals surface area contributed by atoms with Crippen LogP contribution in [0, 0.1) is 11.2 Å². The maximum atomic E-state index is 13.7. The summed E-state index contributed by atoms with van der Waals surface area (Å²) in [5, 5.41) is 2.95. The Balaban J connectivity index is 2.33. The average molecular weight is 444 g/mol. The highest BCUT2D eigenvalue weighted by Crippen LogP contribution is 2.26. The smallest absolute Gasteiger partial charge is 0.254 e. The Kier molecular flexibility index (Phi) is 8.78. The number of ether oxygens (including phenoxy) is 1. The van der Waals surface area contributed by atoms with Crippen LogP contribution in [0.15, 0.2) is 42.5 Å². The molecule has 0 bridgehead atoms. The van der Waals surface area contributed by atoms with Crippen LogP contribution in [0.5, 0.6) is 0 Å². The predicted octanol–water partition coefficient (Wildman–Crippen LogP) is 4.56. The minimum absolute atomic E-state index is 0.0619. The van der Waals surface area contributed by atoms with Crippen molar-refractivity contribution in [3.05, 3.63) is 59.4 Å². The monoisotopic (exact) mass is 443 g/mol. The normalized spacial score (nSPS) is 11.2. The number of nitrogens with one attached hydrogen (secondary N) is 1. The Morgan fingerprint density at radius 2 is 1.81 bits per heavy atom. The molecule has 0 aliphatic heterocycles. The summed E-state index contributed by atoms with van der Waals surface area (Å²) >= 11 is 0. The molecular formula is C25H34FN3O3. The Hall–Kier alpha value is -2.93. The number of hydrogen-bond acceptors (Lipinski definition) is 4. The van der Waals surface area contributed by atoms with Gasteiger partial charge in [0, 0.05) is 57.7 Å². The van der Waals surface area contributed by atoms with Gasteiger partial charge in [-0.05, 0) is 47.4 Å². The Morgan fingerprint density at radius 1 is 1.09 bits per heavy atom. The lowest BCUT2D eigenvalue weighted by atomic mass is 9.92. The number of halogens is 1. The maximum Gasteiger partial charge on any atom is 0.254 e. The van der Waals surface area contributed by atoms with Crippen molar-refractivity contribution in [1.29, 1.82) is 0 Å². The molecule has 0 unspecified atom stereocenters. The van der Waals surface area contributed by atoms with Gasteiger partial charge in [0.05, 0.1) is 6.61 Å². The highest BCUT2D eigenvalue weighted by molar-refractivity contribution is 5.94. The fourth-order valence-corrected chi connectivity index (χ4v) is 3.38. The van der Waals surface area contributed by atoms with E-state index in [2.05, 4.69) is 5.32 Å². The maximum absolute atomic E-state index is 13.7. The topological polar surface area (TPSA) is 61.9 Å². The molecular weight excluding hydrogens is 409 g/mol. The van der Waals surface area contributed by atoms with Crippen molar-refractivity contribution >= 4 is 23.2 Å². The van der Waals surface area contributed by atoms with E-state index >= 15 is 0 Å². The van der Waals surface area contributed by atoms with Crippen LogP contribution < -0.4 is 10.2 Å². The molecule has 32 heavy (non-hydrogen) atoms. The van der Waals surface area contributed by atoms with Gasteiger partial charge in [-0.15, -0.1) is 0 Å². The van der Waals surface area contributed by atoms with Crippen molar-refractivity contribution in [3.63, 3.8) is 0 Å². The third-order valence-corrected chi connectivity index (χ3v) is 4.82. The lowest BCUT2D eigenvalue weighted by molar-refractivity contribution is -0.117. The summed E-state index contributed by atoms with van der Waals surface area (Å²) in [5.41, 5.74) is 2.62. The first-order valence-electron chi connectivity index (χ1n) is 10.6. The predicted molar refractivity (Wildman–Crippen MR) is 126 cm³/mol. The molecule has 0 fully saturated rings. The molecule has 0 heterocycles. The second-order valence-electron chi connectivity index (χ2n) is 9.25. The van der Waals surface area contributed by atoms with E-state index in [1.54, 1.807) is 18.1 Å². The lowest BCUT2D eigenvalue weighted by Crippen LogP contribution is -2.34. The quantitative estimate of drug-likeness (QED) is 0.617. The van der Waals surface area contributed by atoms with Crippen LogP contribution in [-0.2, 0) is 16.1 Å². The molecule has 174 valence electrons. The summed E-state index contributed by atoms with van der Waals surface area (Å²) in [7, 11) is 5.41. The van der Waals surface area contributed by atoms with Gasteiger partial charge in [-0.2, -0.15) is 0 Å². The third kappa shape index (κ3) is 7.64. The van der Waals surface area contributed by atoms with Crippen LogP contribution in [0.4, 0.5) is 15.8 Å². The molecule has 0 saturated carbocycles. The Bertz CT molecular complexity index is 938. The van der Waals surface area contributed by atoms with Crippen LogP contribution >= 0.6 is 0 Å². The molecule has 2 rings (SSSR count). The molecule has 2 aromatic rings. The van der Waals surface area contributed by atoms with E-state index in [0.29, 0.717) is 25.3 Å². The van der Waals surface area contributed by atoms with Crippen LogP contribution in [0.3, 0.4) is 0 Å². The van der Waals surface area contributed by atoms with Gasteiger partial charge >= 0.3 is 0 Å².